The summed E-state index contributed by atoms with van der Waals surface area (Å²) in [4.78, 5) is 19.3. The maximum absolute atomic E-state index is 13.4. The average Bonchev–Trinajstić information content (AvgIpc) is 2.60. The van der Waals surface area contributed by atoms with Crippen LogP contribution in [0.25, 0.3) is 11.1 Å². The number of hydrogen-bond acceptors (Lipinski definition) is 4. The third-order valence-corrected chi connectivity index (χ3v) is 3.49. The summed E-state index contributed by atoms with van der Waals surface area (Å²) in [6.45, 7) is 0.185. The topological polar surface area (TPSA) is 71.8 Å². The van der Waals surface area contributed by atoms with Crippen molar-refractivity contribution in [2.75, 3.05) is 6.61 Å². The maximum atomic E-state index is 13.4. The molecule has 138 valence electrons. The van der Waals surface area contributed by atoms with E-state index in [1.54, 1.807) is 12.1 Å². The molecule has 0 unspecified atom stereocenters. The first-order valence-corrected chi connectivity index (χ1v) is 7.87. The molecule has 0 saturated heterocycles. The van der Waals surface area contributed by atoms with Crippen molar-refractivity contribution in [2.24, 2.45) is 5.16 Å². The highest BCUT2D eigenvalue weighted by molar-refractivity contribution is 5.91. The summed E-state index contributed by atoms with van der Waals surface area (Å²) >= 11 is 0. The molecule has 0 amide bonds. The second kappa shape index (κ2) is 8.98. The zero-order valence-corrected chi connectivity index (χ0v) is 13.7. The first-order valence-electron chi connectivity index (χ1n) is 7.87. The van der Waals surface area contributed by atoms with Crippen molar-refractivity contribution >= 4 is 12.2 Å². The Hall–Kier alpha value is -2.90. The van der Waals surface area contributed by atoms with E-state index in [4.69, 9.17) is 9.94 Å². The first kappa shape index (κ1) is 19.4. The molecule has 1 aromatic heterocycles. The quantitative estimate of drug-likeness (QED) is 0.428. The van der Waals surface area contributed by atoms with E-state index >= 15 is 0 Å². The number of unbranched alkanes of at least 4 members (excludes halogenated alkanes) is 1. The lowest BCUT2D eigenvalue weighted by Crippen LogP contribution is -2.09. The summed E-state index contributed by atoms with van der Waals surface area (Å²) in [5.41, 5.74) is -0.232. The molecule has 0 aliphatic carbocycles. The molecule has 0 atom stereocenters. The van der Waals surface area contributed by atoms with E-state index in [0.29, 0.717) is 18.4 Å². The Bertz CT molecular complexity index is 762. The highest BCUT2D eigenvalue weighted by atomic mass is 19.4. The molecule has 8 heteroatoms. The molecule has 0 fully saturated rings. The van der Waals surface area contributed by atoms with Crippen LogP contribution in [-0.2, 0) is 15.8 Å². The SMILES string of the molecule is O=C(O)CCCCON=Cc1cccc(C(F)(F)F)c1-c1cccnc1. The number of aliphatic carboxylic acids is 1. The van der Waals surface area contributed by atoms with Gasteiger partial charge in [0.15, 0.2) is 0 Å². The van der Waals surface area contributed by atoms with Crippen molar-refractivity contribution < 1.29 is 27.9 Å². The van der Waals surface area contributed by atoms with Gasteiger partial charge in [0.1, 0.15) is 6.61 Å². The molecule has 0 aliphatic heterocycles. The van der Waals surface area contributed by atoms with Crippen LogP contribution in [0.2, 0.25) is 0 Å². The molecule has 0 radical (unpaired) electrons. The lowest BCUT2D eigenvalue weighted by Gasteiger charge is -2.15. The highest BCUT2D eigenvalue weighted by Crippen LogP contribution is 2.38. The Labute approximate surface area is 148 Å². The Morgan fingerprint density at radius 1 is 1.23 bits per heavy atom. The van der Waals surface area contributed by atoms with Crippen molar-refractivity contribution in [1.82, 2.24) is 4.98 Å². The second-order valence-electron chi connectivity index (χ2n) is 5.43. The molecule has 26 heavy (non-hydrogen) atoms. The third-order valence-electron chi connectivity index (χ3n) is 3.49. The van der Waals surface area contributed by atoms with Crippen LogP contribution < -0.4 is 0 Å². The average molecular weight is 366 g/mol. The molecular formula is C18H17F3N2O3. The second-order valence-corrected chi connectivity index (χ2v) is 5.43. The van der Waals surface area contributed by atoms with E-state index in [-0.39, 0.29) is 24.2 Å². The summed E-state index contributed by atoms with van der Waals surface area (Å²) in [5.74, 6) is -0.890. The number of hydrogen-bond donors (Lipinski definition) is 1. The summed E-state index contributed by atoms with van der Waals surface area (Å²) in [5, 5.41) is 12.2. The number of carboxylic acid groups (broad SMARTS) is 1. The molecule has 1 N–H and O–H groups in total. The number of rotatable bonds is 8. The van der Waals surface area contributed by atoms with Crippen molar-refractivity contribution in [3.63, 3.8) is 0 Å². The van der Waals surface area contributed by atoms with Gasteiger partial charge in [-0.3, -0.25) is 9.78 Å². The largest absolute Gasteiger partial charge is 0.481 e. The molecule has 0 aliphatic rings. The van der Waals surface area contributed by atoms with Crippen molar-refractivity contribution in [3.05, 3.63) is 53.9 Å². The van der Waals surface area contributed by atoms with Gasteiger partial charge in [0.25, 0.3) is 0 Å². The van der Waals surface area contributed by atoms with Gasteiger partial charge in [-0.25, -0.2) is 0 Å². The Balaban J connectivity index is 2.18. The van der Waals surface area contributed by atoms with Gasteiger partial charge in [0.2, 0.25) is 0 Å². The molecule has 5 nitrogen and oxygen atoms in total. The monoisotopic (exact) mass is 366 g/mol. The molecule has 0 saturated carbocycles. The highest BCUT2D eigenvalue weighted by Gasteiger charge is 2.34. The lowest BCUT2D eigenvalue weighted by molar-refractivity contribution is -0.138. The molecule has 1 aromatic carbocycles. The number of benzene rings is 1. The van der Waals surface area contributed by atoms with E-state index in [1.165, 1.54) is 30.7 Å². The lowest BCUT2D eigenvalue weighted by atomic mass is 9.95. The molecule has 0 bridgehead atoms. The third kappa shape index (κ3) is 5.58. The van der Waals surface area contributed by atoms with Gasteiger partial charge in [-0.2, -0.15) is 13.2 Å². The first-order chi connectivity index (χ1) is 12.4. The number of nitrogens with zero attached hydrogens (tertiary/aromatic N) is 2. The fraction of sp³-hybridized carbons (Fsp3) is 0.278. The van der Waals surface area contributed by atoms with Crippen molar-refractivity contribution in [3.8, 4) is 11.1 Å². The van der Waals surface area contributed by atoms with Crippen LogP contribution in [0.5, 0.6) is 0 Å². The van der Waals surface area contributed by atoms with Gasteiger partial charge in [0, 0.05) is 35.5 Å². The van der Waals surface area contributed by atoms with Crippen LogP contribution in [-0.4, -0.2) is 28.9 Å². The predicted octanol–water partition coefficient (Wildman–Crippen LogP) is 4.37. The number of oxime groups is 1. The molecule has 2 rings (SSSR count). The van der Waals surface area contributed by atoms with E-state index < -0.39 is 17.7 Å². The maximum Gasteiger partial charge on any atom is 0.417 e. The van der Waals surface area contributed by atoms with Gasteiger partial charge >= 0.3 is 12.1 Å². The summed E-state index contributed by atoms with van der Waals surface area (Å²) in [6.07, 6.45) is 0.493. The van der Waals surface area contributed by atoms with Gasteiger partial charge in [0.05, 0.1) is 11.8 Å². The van der Waals surface area contributed by atoms with Gasteiger partial charge in [-0.15, -0.1) is 0 Å². The van der Waals surface area contributed by atoms with Crippen LogP contribution in [0.15, 0.2) is 47.9 Å². The fourth-order valence-corrected chi connectivity index (χ4v) is 2.34. The minimum Gasteiger partial charge on any atom is -0.481 e. The number of halogens is 3. The standard InChI is InChI=1S/C18H17F3N2O3/c19-18(20,21)15-7-3-5-14(17(15)13-6-4-9-22-11-13)12-23-26-10-2-1-8-16(24)25/h3-7,9,11-12H,1-2,8,10H2,(H,24,25). The smallest absolute Gasteiger partial charge is 0.417 e. The van der Waals surface area contributed by atoms with Gasteiger partial charge in [-0.05, 0) is 25.0 Å². The van der Waals surface area contributed by atoms with Crippen LogP contribution >= 0.6 is 0 Å². The van der Waals surface area contributed by atoms with Crippen LogP contribution in [0.3, 0.4) is 0 Å². The van der Waals surface area contributed by atoms with E-state index in [1.807, 2.05) is 0 Å². The number of carbonyl (C=O) groups is 1. The van der Waals surface area contributed by atoms with Crippen molar-refractivity contribution in [2.45, 2.75) is 25.4 Å². The minimum atomic E-state index is -4.52. The van der Waals surface area contributed by atoms with Crippen LogP contribution in [0, 0.1) is 0 Å². The number of pyridine rings is 1. The summed E-state index contributed by atoms with van der Waals surface area (Å²) in [6, 6.07) is 6.92. The predicted molar refractivity (Wildman–Crippen MR) is 89.7 cm³/mol. The van der Waals surface area contributed by atoms with E-state index in [2.05, 4.69) is 10.1 Å². The Morgan fingerprint density at radius 2 is 2.04 bits per heavy atom. The van der Waals surface area contributed by atoms with Crippen molar-refractivity contribution in [1.29, 1.82) is 0 Å². The minimum absolute atomic E-state index is 0.0219. The molecular weight excluding hydrogens is 349 g/mol. The molecule has 1 heterocycles. The van der Waals surface area contributed by atoms with Gasteiger partial charge < -0.3 is 9.94 Å². The normalized spacial score (nSPS) is 11.7. The fourth-order valence-electron chi connectivity index (χ4n) is 2.34. The zero-order chi connectivity index (χ0) is 19.0. The van der Waals surface area contributed by atoms with Crippen LogP contribution in [0.4, 0.5) is 13.2 Å². The Morgan fingerprint density at radius 3 is 2.69 bits per heavy atom. The van der Waals surface area contributed by atoms with E-state index in [0.717, 1.165) is 6.07 Å². The Kier molecular flexibility index (Phi) is 6.71. The van der Waals surface area contributed by atoms with Gasteiger partial charge in [-0.1, -0.05) is 23.4 Å². The zero-order valence-electron chi connectivity index (χ0n) is 13.7. The molecule has 0 spiro atoms. The summed E-state index contributed by atoms with van der Waals surface area (Å²) in [7, 11) is 0. The number of alkyl halides is 3. The number of aromatic nitrogens is 1. The van der Waals surface area contributed by atoms with Crippen LogP contribution in [0.1, 0.15) is 30.4 Å². The van der Waals surface area contributed by atoms with E-state index in [9.17, 15) is 18.0 Å². The number of carboxylic acids is 1. The summed E-state index contributed by atoms with van der Waals surface area (Å²) < 4.78 is 40.1. The molecule has 2 aromatic rings.